The lowest BCUT2D eigenvalue weighted by molar-refractivity contribution is 0.453. The fourth-order valence-electron chi connectivity index (χ4n) is 1.30. The van der Waals surface area contributed by atoms with Crippen LogP contribution in [0.2, 0.25) is 0 Å². The number of nitrogen functional groups attached to an aromatic ring is 1. The van der Waals surface area contributed by atoms with Crippen LogP contribution in [0.25, 0.3) is 0 Å². The lowest BCUT2D eigenvalue weighted by atomic mass is 10.3. The van der Waals surface area contributed by atoms with E-state index in [2.05, 4.69) is 20.3 Å². The van der Waals surface area contributed by atoms with Gasteiger partial charge < -0.3 is 15.5 Å². The van der Waals surface area contributed by atoms with E-state index < -0.39 is 0 Å². The van der Waals surface area contributed by atoms with Crippen LogP contribution in [0.3, 0.4) is 0 Å². The molecule has 1 atom stereocenters. The first kappa shape index (κ1) is 10.4. The Morgan fingerprint density at radius 2 is 2.06 bits per heavy atom. The molecule has 3 N–H and O–H groups in total. The summed E-state index contributed by atoms with van der Waals surface area (Å²) in [4.78, 5) is 12.1. The SMILES string of the molecule is Cc1cnc(C(C)Nc2nccnc2N)o1. The van der Waals surface area contributed by atoms with E-state index in [1.807, 2.05) is 13.8 Å². The minimum Gasteiger partial charge on any atom is -0.444 e. The first-order valence-electron chi connectivity index (χ1n) is 4.92. The van der Waals surface area contributed by atoms with Crippen LogP contribution in [0, 0.1) is 6.92 Å². The zero-order chi connectivity index (χ0) is 11.5. The number of rotatable bonds is 3. The van der Waals surface area contributed by atoms with Gasteiger partial charge in [-0.1, -0.05) is 0 Å². The molecule has 0 radical (unpaired) electrons. The second kappa shape index (κ2) is 4.18. The quantitative estimate of drug-likeness (QED) is 0.813. The maximum absolute atomic E-state index is 5.67. The van der Waals surface area contributed by atoms with Crippen LogP contribution >= 0.6 is 0 Å². The Morgan fingerprint density at radius 3 is 2.69 bits per heavy atom. The van der Waals surface area contributed by atoms with E-state index in [9.17, 15) is 0 Å². The number of nitrogens with two attached hydrogens (primary N) is 1. The van der Waals surface area contributed by atoms with Crippen LogP contribution in [0.15, 0.2) is 23.0 Å². The van der Waals surface area contributed by atoms with Gasteiger partial charge in [0.1, 0.15) is 11.8 Å². The minimum atomic E-state index is -0.104. The molecular weight excluding hydrogens is 206 g/mol. The number of hydrogen-bond acceptors (Lipinski definition) is 6. The van der Waals surface area contributed by atoms with E-state index in [-0.39, 0.29) is 6.04 Å². The fourth-order valence-corrected chi connectivity index (χ4v) is 1.30. The summed E-state index contributed by atoms with van der Waals surface area (Å²) in [5, 5.41) is 3.08. The summed E-state index contributed by atoms with van der Waals surface area (Å²) in [6, 6.07) is -0.104. The molecule has 0 fully saturated rings. The summed E-state index contributed by atoms with van der Waals surface area (Å²) in [6.07, 6.45) is 4.79. The van der Waals surface area contributed by atoms with E-state index in [1.165, 1.54) is 0 Å². The third kappa shape index (κ3) is 2.10. The topological polar surface area (TPSA) is 89.9 Å². The molecule has 0 aromatic carbocycles. The molecule has 84 valence electrons. The van der Waals surface area contributed by atoms with E-state index in [0.717, 1.165) is 5.76 Å². The van der Waals surface area contributed by atoms with Crippen LogP contribution in [0.1, 0.15) is 24.6 Å². The first-order chi connectivity index (χ1) is 7.66. The van der Waals surface area contributed by atoms with Crippen molar-refractivity contribution in [2.24, 2.45) is 0 Å². The fraction of sp³-hybridized carbons (Fsp3) is 0.300. The maximum atomic E-state index is 5.67. The average molecular weight is 219 g/mol. The van der Waals surface area contributed by atoms with Gasteiger partial charge in [-0.15, -0.1) is 0 Å². The number of oxazole rings is 1. The van der Waals surface area contributed by atoms with Crippen molar-refractivity contribution in [3.8, 4) is 0 Å². The molecule has 0 aliphatic carbocycles. The van der Waals surface area contributed by atoms with Crippen molar-refractivity contribution in [2.75, 3.05) is 11.1 Å². The van der Waals surface area contributed by atoms with Gasteiger partial charge in [0, 0.05) is 12.4 Å². The van der Waals surface area contributed by atoms with Crippen LogP contribution in [0.4, 0.5) is 11.6 Å². The Balaban J connectivity index is 2.13. The van der Waals surface area contributed by atoms with E-state index in [1.54, 1.807) is 18.6 Å². The van der Waals surface area contributed by atoms with Crippen molar-refractivity contribution < 1.29 is 4.42 Å². The van der Waals surface area contributed by atoms with Gasteiger partial charge in [0.2, 0.25) is 5.89 Å². The molecule has 6 nitrogen and oxygen atoms in total. The molecule has 0 aliphatic heterocycles. The van der Waals surface area contributed by atoms with Crippen molar-refractivity contribution >= 4 is 11.6 Å². The first-order valence-corrected chi connectivity index (χ1v) is 4.92. The van der Waals surface area contributed by atoms with Crippen LogP contribution in [-0.4, -0.2) is 15.0 Å². The highest BCUT2D eigenvalue weighted by molar-refractivity contribution is 5.55. The number of aryl methyl sites for hydroxylation is 1. The van der Waals surface area contributed by atoms with Gasteiger partial charge in [0.25, 0.3) is 0 Å². The molecular formula is C10H13N5O. The molecule has 16 heavy (non-hydrogen) atoms. The summed E-state index contributed by atoms with van der Waals surface area (Å²) in [7, 11) is 0. The largest absolute Gasteiger partial charge is 0.444 e. The third-order valence-electron chi connectivity index (χ3n) is 2.09. The van der Waals surface area contributed by atoms with E-state index in [4.69, 9.17) is 10.2 Å². The van der Waals surface area contributed by atoms with Crippen LogP contribution in [-0.2, 0) is 0 Å². The third-order valence-corrected chi connectivity index (χ3v) is 2.09. The van der Waals surface area contributed by atoms with Crippen LogP contribution < -0.4 is 11.1 Å². The Morgan fingerprint density at radius 1 is 1.31 bits per heavy atom. The Hall–Kier alpha value is -2.11. The van der Waals surface area contributed by atoms with Crippen molar-refractivity contribution in [1.82, 2.24) is 15.0 Å². The number of anilines is 2. The highest BCUT2D eigenvalue weighted by Gasteiger charge is 2.13. The Kier molecular flexibility index (Phi) is 2.72. The number of hydrogen-bond donors (Lipinski definition) is 2. The normalized spacial score (nSPS) is 12.4. The molecule has 0 spiro atoms. The summed E-state index contributed by atoms with van der Waals surface area (Å²) in [5.74, 6) is 2.27. The lowest BCUT2D eigenvalue weighted by Gasteiger charge is -2.11. The molecule has 0 amide bonds. The van der Waals surface area contributed by atoms with Crippen molar-refractivity contribution in [3.05, 3.63) is 30.2 Å². The van der Waals surface area contributed by atoms with Crippen molar-refractivity contribution in [3.63, 3.8) is 0 Å². The summed E-state index contributed by atoms with van der Waals surface area (Å²) < 4.78 is 5.39. The molecule has 1 unspecified atom stereocenters. The molecule has 2 heterocycles. The summed E-state index contributed by atoms with van der Waals surface area (Å²) in [6.45, 7) is 3.76. The lowest BCUT2D eigenvalue weighted by Crippen LogP contribution is -2.10. The van der Waals surface area contributed by atoms with E-state index >= 15 is 0 Å². The highest BCUT2D eigenvalue weighted by atomic mass is 16.4. The Bertz CT molecular complexity index is 482. The van der Waals surface area contributed by atoms with Gasteiger partial charge in [-0.05, 0) is 13.8 Å². The van der Waals surface area contributed by atoms with Gasteiger partial charge in [-0.25, -0.2) is 15.0 Å². The molecule has 0 saturated heterocycles. The van der Waals surface area contributed by atoms with Crippen molar-refractivity contribution in [1.29, 1.82) is 0 Å². The second-order valence-corrected chi connectivity index (χ2v) is 3.47. The molecule has 2 aromatic rings. The van der Waals surface area contributed by atoms with Crippen LogP contribution in [0.5, 0.6) is 0 Å². The standard InChI is InChI=1S/C10H13N5O/c1-6-5-14-10(16-6)7(2)15-9-8(11)12-3-4-13-9/h3-5,7H,1-2H3,(H2,11,12)(H,13,15). The minimum absolute atomic E-state index is 0.104. The summed E-state index contributed by atoms with van der Waals surface area (Å²) >= 11 is 0. The molecule has 0 bridgehead atoms. The predicted octanol–water partition coefficient (Wildman–Crippen LogP) is 1.53. The molecule has 6 heteroatoms. The number of nitrogens with one attached hydrogen (secondary N) is 1. The predicted molar refractivity (Wildman–Crippen MR) is 59.7 cm³/mol. The Labute approximate surface area is 92.9 Å². The van der Waals surface area contributed by atoms with Gasteiger partial charge >= 0.3 is 0 Å². The summed E-state index contributed by atoms with van der Waals surface area (Å²) in [5.41, 5.74) is 5.67. The van der Waals surface area contributed by atoms with Gasteiger partial charge in [-0.2, -0.15) is 0 Å². The smallest absolute Gasteiger partial charge is 0.216 e. The van der Waals surface area contributed by atoms with E-state index in [0.29, 0.717) is 17.5 Å². The zero-order valence-corrected chi connectivity index (χ0v) is 9.14. The zero-order valence-electron chi connectivity index (χ0n) is 9.14. The number of nitrogens with zero attached hydrogens (tertiary/aromatic N) is 3. The molecule has 2 rings (SSSR count). The van der Waals surface area contributed by atoms with Crippen molar-refractivity contribution in [2.45, 2.75) is 19.9 Å². The monoisotopic (exact) mass is 219 g/mol. The molecule has 0 aliphatic rings. The average Bonchev–Trinajstić information content (AvgIpc) is 2.68. The van der Waals surface area contributed by atoms with Gasteiger partial charge in [0.05, 0.1) is 6.20 Å². The molecule has 0 saturated carbocycles. The molecule has 2 aromatic heterocycles. The van der Waals surface area contributed by atoms with Gasteiger partial charge in [-0.3, -0.25) is 0 Å². The van der Waals surface area contributed by atoms with Gasteiger partial charge in [0.15, 0.2) is 11.6 Å². The second-order valence-electron chi connectivity index (χ2n) is 3.47. The maximum Gasteiger partial charge on any atom is 0.216 e. The highest BCUT2D eigenvalue weighted by Crippen LogP contribution is 2.19. The number of aromatic nitrogens is 3.